The van der Waals surface area contributed by atoms with Gasteiger partial charge in [0.2, 0.25) is 0 Å². The smallest absolute Gasteiger partial charge is 0.337 e. The molecule has 0 amide bonds. The first-order chi connectivity index (χ1) is 20.8. The standard InChI is InChI=1S/C33H31IN2O6S/c1-5-40-27-13-11-23(17-28(27)41-6-2)30-24(32(38)39-4)18-35-33-36(30)31(37)29(43-33)16-21-10-12-26(25(34)15-21)42-19-22-9-7-8-20(3)14-22/h7-18,30H,5-6,19H2,1-4H3/b29-16-/t30-/m1/s1. The van der Waals surface area contributed by atoms with Crippen LogP contribution in [0.4, 0.5) is 0 Å². The van der Waals surface area contributed by atoms with E-state index in [0.29, 0.717) is 46.2 Å². The second-order valence-electron chi connectivity index (χ2n) is 9.72. The molecule has 0 unspecified atom stereocenters. The average molecular weight is 711 g/mol. The van der Waals surface area contributed by atoms with Gasteiger partial charge in [-0.25, -0.2) is 9.79 Å². The summed E-state index contributed by atoms with van der Waals surface area (Å²) >= 11 is 3.50. The van der Waals surface area contributed by atoms with Gasteiger partial charge in [0.05, 0.1) is 40.0 Å². The molecule has 1 aliphatic heterocycles. The SMILES string of the molecule is CCOc1ccc([C@@H]2C(C(=O)OC)=CN=c3s/c(=C\c4ccc(OCc5cccc(C)c5)c(I)c4)c(=O)n32)cc1OCC. The van der Waals surface area contributed by atoms with Gasteiger partial charge >= 0.3 is 5.97 Å². The highest BCUT2D eigenvalue weighted by atomic mass is 127. The van der Waals surface area contributed by atoms with Crippen molar-refractivity contribution in [3.8, 4) is 17.2 Å². The number of carbonyl (C=O) groups excluding carboxylic acids is 1. The first-order valence-corrected chi connectivity index (χ1v) is 15.7. The van der Waals surface area contributed by atoms with Gasteiger partial charge in [-0.05, 0) is 90.4 Å². The molecule has 0 N–H and O–H groups in total. The number of hydrogen-bond acceptors (Lipinski definition) is 8. The van der Waals surface area contributed by atoms with Gasteiger partial charge in [-0.2, -0.15) is 0 Å². The molecule has 0 radical (unpaired) electrons. The van der Waals surface area contributed by atoms with Crippen LogP contribution >= 0.6 is 33.9 Å². The third kappa shape index (κ3) is 6.70. The summed E-state index contributed by atoms with van der Waals surface area (Å²) in [6.07, 6.45) is 3.31. The van der Waals surface area contributed by atoms with Crippen LogP contribution in [0.3, 0.4) is 0 Å². The van der Waals surface area contributed by atoms with Crippen molar-refractivity contribution in [3.05, 3.63) is 118 Å². The molecule has 4 aromatic rings. The summed E-state index contributed by atoms with van der Waals surface area (Å²) in [5.41, 5.74) is 3.80. The first-order valence-electron chi connectivity index (χ1n) is 13.8. The molecule has 43 heavy (non-hydrogen) atoms. The molecule has 1 aliphatic rings. The van der Waals surface area contributed by atoms with E-state index in [2.05, 4.69) is 46.6 Å². The van der Waals surface area contributed by atoms with E-state index in [1.165, 1.54) is 30.2 Å². The first kappa shape index (κ1) is 30.6. The van der Waals surface area contributed by atoms with E-state index in [1.807, 2.05) is 56.3 Å². The zero-order valence-corrected chi connectivity index (χ0v) is 27.2. The molecule has 0 bridgehead atoms. The van der Waals surface area contributed by atoms with Crippen LogP contribution in [0.25, 0.3) is 6.08 Å². The Morgan fingerprint density at radius 1 is 1.00 bits per heavy atom. The van der Waals surface area contributed by atoms with Crippen molar-refractivity contribution in [1.29, 1.82) is 0 Å². The second-order valence-corrected chi connectivity index (χ2v) is 11.9. The molecule has 5 rings (SSSR count). The predicted octanol–water partition coefficient (Wildman–Crippen LogP) is 5.31. The molecule has 0 spiro atoms. The van der Waals surface area contributed by atoms with Crippen molar-refractivity contribution >= 4 is 46.0 Å². The van der Waals surface area contributed by atoms with E-state index >= 15 is 0 Å². The lowest BCUT2D eigenvalue weighted by Gasteiger charge is -2.23. The zero-order chi connectivity index (χ0) is 30.5. The molecule has 10 heteroatoms. The van der Waals surface area contributed by atoms with Gasteiger partial charge in [0.15, 0.2) is 16.3 Å². The molecule has 3 aromatic carbocycles. The Kier molecular flexibility index (Phi) is 9.66. The maximum atomic E-state index is 13.9. The van der Waals surface area contributed by atoms with Crippen LogP contribution in [0.15, 0.2) is 82.2 Å². The summed E-state index contributed by atoms with van der Waals surface area (Å²) in [6, 6.07) is 18.7. The lowest BCUT2D eigenvalue weighted by molar-refractivity contribution is -0.136. The van der Waals surface area contributed by atoms with Crippen molar-refractivity contribution in [2.75, 3.05) is 20.3 Å². The molecular weight excluding hydrogens is 679 g/mol. The topological polar surface area (TPSA) is 88.4 Å². The Bertz CT molecular complexity index is 1880. The van der Waals surface area contributed by atoms with Crippen LogP contribution in [0.2, 0.25) is 0 Å². The van der Waals surface area contributed by atoms with E-state index in [4.69, 9.17) is 18.9 Å². The van der Waals surface area contributed by atoms with Crippen LogP contribution in [0.5, 0.6) is 17.2 Å². The Morgan fingerprint density at radius 3 is 2.49 bits per heavy atom. The van der Waals surface area contributed by atoms with Gasteiger partial charge in [0, 0.05) is 6.20 Å². The van der Waals surface area contributed by atoms with Crippen LogP contribution in [0, 0.1) is 10.5 Å². The molecule has 2 heterocycles. The summed E-state index contributed by atoms with van der Waals surface area (Å²) in [6.45, 7) is 7.21. The molecule has 0 aliphatic carbocycles. The maximum Gasteiger partial charge on any atom is 0.337 e. The van der Waals surface area contributed by atoms with Crippen LogP contribution in [-0.2, 0) is 16.1 Å². The number of carbonyl (C=O) groups is 1. The zero-order valence-electron chi connectivity index (χ0n) is 24.3. The molecule has 1 atom stereocenters. The largest absolute Gasteiger partial charge is 0.490 e. The van der Waals surface area contributed by atoms with E-state index in [-0.39, 0.29) is 11.1 Å². The van der Waals surface area contributed by atoms with E-state index < -0.39 is 12.0 Å². The number of rotatable bonds is 10. The second kappa shape index (κ2) is 13.6. The Morgan fingerprint density at radius 2 is 1.77 bits per heavy atom. The van der Waals surface area contributed by atoms with E-state index in [0.717, 1.165) is 20.4 Å². The van der Waals surface area contributed by atoms with Gasteiger partial charge < -0.3 is 18.9 Å². The highest BCUT2D eigenvalue weighted by molar-refractivity contribution is 14.1. The number of aromatic nitrogens is 1. The molecule has 8 nitrogen and oxygen atoms in total. The molecule has 0 saturated heterocycles. The normalized spacial score (nSPS) is 14.4. The maximum absolute atomic E-state index is 13.9. The highest BCUT2D eigenvalue weighted by Crippen LogP contribution is 2.35. The summed E-state index contributed by atoms with van der Waals surface area (Å²) in [7, 11) is 1.31. The summed E-state index contributed by atoms with van der Waals surface area (Å²) in [5.74, 6) is 1.32. The van der Waals surface area contributed by atoms with Crippen LogP contribution in [0.1, 0.15) is 42.1 Å². The van der Waals surface area contributed by atoms with Gasteiger partial charge in [-0.15, -0.1) is 0 Å². The number of hydrogen-bond donors (Lipinski definition) is 0. The minimum Gasteiger partial charge on any atom is -0.490 e. The number of esters is 1. The summed E-state index contributed by atoms with van der Waals surface area (Å²) in [4.78, 5) is 31.7. The van der Waals surface area contributed by atoms with Gasteiger partial charge in [0.25, 0.3) is 5.56 Å². The van der Waals surface area contributed by atoms with Crippen molar-refractivity contribution in [3.63, 3.8) is 0 Å². The van der Waals surface area contributed by atoms with Crippen molar-refractivity contribution in [1.82, 2.24) is 4.57 Å². The third-order valence-electron chi connectivity index (χ3n) is 6.74. The number of fused-ring (bicyclic) bond motifs is 1. The molecule has 222 valence electrons. The van der Waals surface area contributed by atoms with Crippen LogP contribution in [-0.4, -0.2) is 30.9 Å². The lowest BCUT2D eigenvalue weighted by atomic mass is 9.97. The number of methoxy groups -OCH3 is 1. The molecule has 0 fully saturated rings. The summed E-state index contributed by atoms with van der Waals surface area (Å²) in [5, 5.41) is 0. The Labute approximate surface area is 267 Å². The van der Waals surface area contributed by atoms with E-state index in [1.54, 1.807) is 16.7 Å². The van der Waals surface area contributed by atoms with Gasteiger partial charge in [0.1, 0.15) is 12.4 Å². The number of nitrogens with zero attached hydrogens (tertiary/aromatic N) is 2. The fourth-order valence-corrected chi connectivity index (χ4v) is 6.49. The lowest BCUT2D eigenvalue weighted by Crippen LogP contribution is -2.39. The molecule has 1 aromatic heterocycles. The van der Waals surface area contributed by atoms with E-state index in [9.17, 15) is 9.59 Å². The number of aryl methyl sites for hydroxylation is 1. The van der Waals surface area contributed by atoms with Crippen molar-refractivity contribution < 1.29 is 23.7 Å². The third-order valence-corrected chi connectivity index (χ3v) is 8.58. The van der Waals surface area contributed by atoms with Crippen LogP contribution < -0.4 is 29.1 Å². The quantitative estimate of drug-likeness (QED) is 0.164. The average Bonchev–Trinajstić information content (AvgIpc) is 3.31. The fourth-order valence-electron chi connectivity index (χ4n) is 4.83. The van der Waals surface area contributed by atoms with Gasteiger partial charge in [-0.3, -0.25) is 9.36 Å². The monoisotopic (exact) mass is 710 g/mol. The Balaban J connectivity index is 1.51. The number of benzene rings is 3. The Hall–Kier alpha value is -3.90. The minimum atomic E-state index is -0.752. The highest BCUT2D eigenvalue weighted by Gasteiger charge is 2.31. The molecular formula is C33H31IN2O6S. The number of thiazole rings is 1. The minimum absolute atomic E-state index is 0.248. The van der Waals surface area contributed by atoms with Gasteiger partial charge in [-0.1, -0.05) is 53.3 Å². The fraction of sp³-hybridized carbons (Fsp3) is 0.242. The number of halogens is 1. The summed E-state index contributed by atoms with van der Waals surface area (Å²) < 4.78 is 25.6. The predicted molar refractivity (Wildman–Crippen MR) is 175 cm³/mol. The van der Waals surface area contributed by atoms with Crippen molar-refractivity contribution in [2.24, 2.45) is 4.99 Å². The van der Waals surface area contributed by atoms with Crippen molar-refractivity contribution in [2.45, 2.75) is 33.4 Å². The number of ether oxygens (including phenoxy) is 4. The molecule has 0 saturated carbocycles.